The summed E-state index contributed by atoms with van der Waals surface area (Å²) in [4.78, 5) is 50.8. The summed E-state index contributed by atoms with van der Waals surface area (Å²) in [5, 5.41) is 15.8. The van der Waals surface area contributed by atoms with Gasteiger partial charge < -0.3 is 15.2 Å². The van der Waals surface area contributed by atoms with Gasteiger partial charge in [-0.05, 0) is 62.4 Å². The number of ether oxygens (including phenoxy) is 1. The van der Waals surface area contributed by atoms with Crippen LogP contribution < -0.4 is 21.3 Å². The standard InChI is InChI=1S/C28H21F2N5O6/c1-15(2)33-14-20(26(37)35(28(33)40)19-6-3-17(29)4-7-19)25(36)32-18-5-8-23(21(30)12-18)41-24-11-16(27(38)39)13-34-22(24)9-10-31-34/h3-15H,1-2H3,(H,32,36)(H,38,39). The summed E-state index contributed by atoms with van der Waals surface area (Å²) >= 11 is 0. The van der Waals surface area contributed by atoms with Crippen molar-refractivity contribution in [1.82, 2.24) is 18.7 Å². The Morgan fingerprint density at radius 1 is 0.976 bits per heavy atom. The molecule has 0 bridgehead atoms. The highest BCUT2D eigenvalue weighted by molar-refractivity contribution is 6.03. The van der Waals surface area contributed by atoms with Gasteiger partial charge in [-0.15, -0.1) is 0 Å². The molecule has 1 amide bonds. The highest BCUT2D eigenvalue weighted by Gasteiger charge is 2.21. The van der Waals surface area contributed by atoms with Crippen molar-refractivity contribution in [1.29, 1.82) is 0 Å². The topological polar surface area (TPSA) is 137 Å². The summed E-state index contributed by atoms with van der Waals surface area (Å²) in [5.41, 5.74) is -1.77. The summed E-state index contributed by atoms with van der Waals surface area (Å²) < 4.78 is 37.3. The van der Waals surface area contributed by atoms with E-state index in [1.807, 2.05) is 0 Å². The Kier molecular flexibility index (Phi) is 6.93. The lowest BCUT2D eigenvalue weighted by Crippen LogP contribution is -2.42. The van der Waals surface area contributed by atoms with Gasteiger partial charge in [0.1, 0.15) is 16.9 Å². The van der Waals surface area contributed by atoms with E-state index in [1.165, 1.54) is 51.8 Å². The number of benzene rings is 2. The number of hydrogen-bond donors (Lipinski definition) is 2. The molecule has 2 aromatic carbocycles. The number of fused-ring (bicyclic) bond motifs is 1. The molecule has 0 saturated heterocycles. The van der Waals surface area contributed by atoms with Gasteiger partial charge in [0.15, 0.2) is 17.3 Å². The first kappa shape index (κ1) is 27.0. The van der Waals surface area contributed by atoms with E-state index >= 15 is 4.39 Å². The van der Waals surface area contributed by atoms with E-state index in [9.17, 15) is 28.7 Å². The first-order valence-electron chi connectivity index (χ1n) is 12.2. The van der Waals surface area contributed by atoms with Crippen molar-refractivity contribution in [3.63, 3.8) is 0 Å². The minimum Gasteiger partial charge on any atom is -0.478 e. The normalized spacial score (nSPS) is 11.1. The first-order chi connectivity index (χ1) is 19.5. The maximum Gasteiger partial charge on any atom is 0.337 e. The molecule has 13 heteroatoms. The summed E-state index contributed by atoms with van der Waals surface area (Å²) in [6, 6.07) is 10.5. The van der Waals surface area contributed by atoms with E-state index in [0.29, 0.717) is 5.52 Å². The Morgan fingerprint density at radius 3 is 2.37 bits per heavy atom. The van der Waals surface area contributed by atoms with Crippen LogP contribution in [0.1, 0.15) is 40.6 Å². The second-order valence-corrected chi connectivity index (χ2v) is 9.20. The zero-order chi connectivity index (χ0) is 29.4. The van der Waals surface area contributed by atoms with Gasteiger partial charge in [0, 0.05) is 30.2 Å². The van der Waals surface area contributed by atoms with Crippen molar-refractivity contribution < 1.29 is 28.2 Å². The lowest BCUT2D eigenvalue weighted by molar-refractivity contribution is 0.0695. The molecule has 0 unspecified atom stereocenters. The van der Waals surface area contributed by atoms with Crippen LogP contribution in [0.3, 0.4) is 0 Å². The molecule has 0 fully saturated rings. The largest absolute Gasteiger partial charge is 0.478 e. The summed E-state index contributed by atoms with van der Waals surface area (Å²) in [7, 11) is 0. The highest BCUT2D eigenvalue weighted by Crippen LogP contribution is 2.30. The van der Waals surface area contributed by atoms with Gasteiger partial charge in [-0.2, -0.15) is 5.10 Å². The molecule has 5 aromatic rings. The number of hydrogen-bond acceptors (Lipinski definition) is 6. The molecule has 41 heavy (non-hydrogen) atoms. The number of aromatic nitrogens is 4. The third-order valence-electron chi connectivity index (χ3n) is 6.13. The predicted octanol–water partition coefficient (Wildman–Crippen LogP) is 4.25. The van der Waals surface area contributed by atoms with Gasteiger partial charge in [0.05, 0.1) is 17.4 Å². The number of halogens is 2. The maximum absolute atomic E-state index is 15.0. The van der Waals surface area contributed by atoms with Gasteiger partial charge >= 0.3 is 11.7 Å². The van der Waals surface area contributed by atoms with Crippen LogP contribution in [0.4, 0.5) is 14.5 Å². The molecule has 0 aliphatic carbocycles. The number of nitrogens with one attached hydrogen (secondary N) is 1. The van der Waals surface area contributed by atoms with Crippen LogP contribution in [-0.4, -0.2) is 35.7 Å². The Labute approximate surface area is 229 Å². The second-order valence-electron chi connectivity index (χ2n) is 9.20. The van der Waals surface area contributed by atoms with E-state index in [4.69, 9.17) is 4.74 Å². The fraction of sp³-hybridized carbons (Fsp3) is 0.107. The SMILES string of the molecule is CC(C)n1cc(C(=O)Nc2ccc(Oc3cc(C(=O)O)cn4nccc34)c(F)c2)c(=O)n(-c2ccc(F)cc2)c1=O. The number of carbonyl (C=O) groups is 2. The molecule has 0 radical (unpaired) electrons. The highest BCUT2D eigenvalue weighted by atomic mass is 19.1. The number of carboxylic acid groups (broad SMARTS) is 1. The van der Waals surface area contributed by atoms with Crippen LogP contribution in [0.25, 0.3) is 11.2 Å². The van der Waals surface area contributed by atoms with Crippen molar-refractivity contribution in [2.24, 2.45) is 0 Å². The molecule has 3 aromatic heterocycles. The smallest absolute Gasteiger partial charge is 0.337 e. The van der Waals surface area contributed by atoms with Gasteiger partial charge in [0.25, 0.3) is 11.5 Å². The number of anilines is 1. The molecular weight excluding hydrogens is 540 g/mol. The molecule has 11 nitrogen and oxygen atoms in total. The Hall–Kier alpha value is -5.59. The van der Waals surface area contributed by atoms with E-state index in [2.05, 4.69) is 10.4 Å². The van der Waals surface area contributed by atoms with Gasteiger partial charge in [-0.3, -0.25) is 14.2 Å². The molecule has 0 aliphatic heterocycles. The van der Waals surface area contributed by atoms with Crippen LogP contribution in [0, 0.1) is 11.6 Å². The minimum atomic E-state index is -1.23. The number of carboxylic acids is 1. The Balaban J connectivity index is 1.46. The molecule has 208 valence electrons. The van der Waals surface area contributed by atoms with Crippen molar-refractivity contribution >= 4 is 23.1 Å². The summed E-state index contributed by atoms with van der Waals surface area (Å²) in [5.74, 6) is -3.83. The average molecular weight is 562 g/mol. The second kappa shape index (κ2) is 10.5. The van der Waals surface area contributed by atoms with Crippen molar-refractivity contribution in [3.05, 3.63) is 117 Å². The van der Waals surface area contributed by atoms with Crippen LogP contribution in [-0.2, 0) is 0 Å². The van der Waals surface area contributed by atoms with E-state index in [0.717, 1.165) is 29.0 Å². The lowest BCUT2D eigenvalue weighted by Gasteiger charge is -2.16. The van der Waals surface area contributed by atoms with E-state index in [-0.39, 0.29) is 28.4 Å². The van der Waals surface area contributed by atoms with E-state index < -0.39 is 46.4 Å². The fourth-order valence-corrected chi connectivity index (χ4v) is 4.09. The third-order valence-corrected chi connectivity index (χ3v) is 6.13. The fourth-order valence-electron chi connectivity index (χ4n) is 4.09. The molecular formula is C28H21F2N5O6. The van der Waals surface area contributed by atoms with Crippen LogP contribution in [0.15, 0.2) is 82.8 Å². The number of amides is 1. The minimum absolute atomic E-state index is 0.0244. The van der Waals surface area contributed by atoms with Gasteiger partial charge in [-0.25, -0.2) is 27.5 Å². The zero-order valence-corrected chi connectivity index (χ0v) is 21.5. The molecule has 3 heterocycles. The number of nitrogens with zero attached hydrogens (tertiary/aromatic N) is 4. The van der Waals surface area contributed by atoms with E-state index in [1.54, 1.807) is 19.9 Å². The molecule has 0 atom stereocenters. The molecule has 0 saturated carbocycles. The maximum atomic E-state index is 15.0. The molecule has 0 spiro atoms. The molecule has 2 N–H and O–H groups in total. The van der Waals surface area contributed by atoms with Crippen molar-refractivity contribution in [2.75, 3.05) is 5.32 Å². The third kappa shape index (κ3) is 5.20. The average Bonchev–Trinajstić information content (AvgIpc) is 3.40. The quantitative estimate of drug-likeness (QED) is 0.303. The summed E-state index contributed by atoms with van der Waals surface area (Å²) in [6.45, 7) is 3.36. The lowest BCUT2D eigenvalue weighted by atomic mass is 10.2. The number of aromatic carboxylic acids is 1. The van der Waals surface area contributed by atoms with Gasteiger partial charge in [0.2, 0.25) is 0 Å². The zero-order valence-electron chi connectivity index (χ0n) is 21.5. The monoisotopic (exact) mass is 561 g/mol. The van der Waals surface area contributed by atoms with Crippen LogP contribution >= 0.6 is 0 Å². The Morgan fingerprint density at radius 2 is 1.71 bits per heavy atom. The number of pyridine rings is 1. The van der Waals surface area contributed by atoms with Gasteiger partial charge in [-0.1, -0.05) is 0 Å². The summed E-state index contributed by atoms with van der Waals surface area (Å²) in [6.07, 6.45) is 3.83. The van der Waals surface area contributed by atoms with Crippen LogP contribution in [0.5, 0.6) is 11.5 Å². The van der Waals surface area contributed by atoms with Crippen molar-refractivity contribution in [3.8, 4) is 17.2 Å². The number of carbonyl (C=O) groups excluding carboxylic acids is 1. The first-order valence-corrected chi connectivity index (χ1v) is 12.2. The Bertz CT molecular complexity index is 1940. The molecule has 0 aliphatic rings. The predicted molar refractivity (Wildman–Crippen MR) is 143 cm³/mol. The van der Waals surface area contributed by atoms with Crippen LogP contribution in [0.2, 0.25) is 0 Å². The number of rotatable bonds is 7. The van der Waals surface area contributed by atoms with Crippen molar-refractivity contribution in [2.45, 2.75) is 19.9 Å². The molecule has 5 rings (SSSR count).